The molecule has 0 heterocycles. The number of aliphatic hydroxyl groups is 1. The molecule has 1 N–H and O–H groups in total. The Morgan fingerprint density at radius 3 is 2.54 bits per heavy atom. The van der Waals surface area contributed by atoms with Gasteiger partial charge in [0.2, 0.25) is 0 Å². The molecule has 0 aromatic carbocycles. The topological polar surface area (TPSA) is 20.2 Å². The van der Waals surface area contributed by atoms with E-state index >= 15 is 0 Å². The predicted octanol–water partition coefficient (Wildman–Crippen LogP) is 7.39. The van der Waals surface area contributed by atoms with Gasteiger partial charge >= 0.3 is 0 Å². The first-order chi connectivity index (χ1) is 13.3. The van der Waals surface area contributed by atoms with Crippen molar-refractivity contribution >= 4 is 0 Å². The number of fused-ring (bicyclic) bond motifs is 5. The lowest BCUT2D eigenvalue weighted by Gasteiger charge is -2.58. The molecule has 160 valence electrons. The normalized spacial score (nSPS) is 46.5. The van der Waals surface area contributed by atoms with Crippen LogP contribution in [0.1, 0.15) is 105 Å². The summed E-state index contributed by atoms with van der Waals surface area (Å²) in [4.78, 5) is 0. The maximum atomic E-state index is 10.2. The van der Waals surface area contributed by atoms with Crippen molar-refractivity contribution in [3.05, 3.63) is 11.6 Å². The molecule has 1 heteroatoms. The fourth-order valence-corrected chi connectivity index (χ4v) is 8.67. The van der Waals surface area contributed by atoms with Crippen LogP contribution >= 0.6 is 0 Å². The van der Waals surface area contributed by atoms with Gasteiger partial charge in [0.25, 0.3) is 0 Å². The number of rotatable bonds is 5. The second-order valence-electron chi connectivity index (χ2n) is 12.2. The smallest absolute Gasteiger partial charge is 0.0577 e. The van der Waals surface area contributed by atoms with Gasteiger partial charge in [0.1, 0.15) is 0 Å². The van der Waals surface area contributed by atoms with Crippen LogP contribution in [0, 0.1) is 46.3 Å². The van der Waals surface area contributed by atoms with E-state index in [9.17, 15) is 5.11 Å². The summed E-state index contributed by atoms with van der Waals surface area (Å²) in [5.74, 6) is 5.46. The second-order valence-corrected chi connectivity index (χ2v) is 12.2. The first-order valence-corrected chi connectivity index (χ1v) is 12.6. The van der Waals surface area contributed by atoms with Crippen LogP contribution in [-0.2, 0) is 0 Å². The summed E-state index contributed by atoms with van der Waals surface area (Å²) in [7, 11) is 0. The molecule has 0 aliphatic heterocycles. The lowest BCUT2D eigenvalue weighted by atomic mass is 9.47. The molecule has 8 atom stereocenters. The maximum absolute atomic E-state index is 10.2. The largest absolute Gasteiger partial charge is 0.393 e. The van der Waals surface area contributed by atoms with Gasteiger partial charge in [0, 0.05) is 0 Å². The molecule has 0 spiro atoms. The van der Waals surface area contributed by atoms with Gasteiger partial charge in [-0.1, -0.05) is 65.5 Å². The molecule has 28 heavy (non-hydrogen) atoms. The minimum atomic E-state index is -0.0766. The van der Waals surface area contributed by atoms with Gasteiger partial charge in [-0.05, 0) is 97.7 Å². The van der Waals surface area contributed by atoms with Gasteiger partial charge in [0.05, 0.1) is 6.10 Å². The predicted molar refractivity (Wildman–Crippen MR) is 119 cm³/mol. The minimum Gasteiger partial charge on any atom is -0.393 e. The average molecular weight is 387 g/mol. The summed E-state index contributed by atoms with van der Waals surface area (Å²) in [5.41, 5.74) is 2.60. The summed E-state index contributed by atoms with van der Waals surface area (Å²) >= 11 is 0. The molecule has 0 saturated heterocycles. The van der Waals surface area contributed by atoms with Crippen LogP contribution in [0.15, 0.2) is 11.6 Å². The van der Waals surface area contributed by atoms with Gasteiger partial charge < -0.3 is 5.11 Å². The molecule has 0 aromatic rings. The van der Waals surface area contributed by atoms with Crippen molar-refractivity contribution in [1.82, 2.24) is 0 Å². The van der Waals surface area contributed by atoms with Crippen LogP contribution in [0.25, 0.3) is 0 Å². The molecule has 0 bridgehead atoms. The summed E-state index contributed by atoms with van der Waals surface area (Å²) in [6, 6.07) is 0. The Morgan fingerprint density at radius 1 is 1.00 bits per heavy atom. The highest BCUT2D eigenvalue weighted by Crippen LogP contribution is 2.67. The van der Waals surface area contributed by atoms with Crippen molar-refractivity contribution in [2.75, 3.05) is 0 Å². The molecule has 1 nitrogen and oxygen atoms in total. The lowest BCUT2D eigenvalue weighted by Crippen LogP contribution is -2.50. The fourth-order valence-electron chi connectivity index (χ4n) is 8.67. The zero-order valence-electron chi connectivity index (χ0n) is 19.3. The van der Waals surface area contributed by atoms with E-state index in [1.807, 2.05) is 0 Å². The molecular weight excluding hydrogens is 340 g/mol. The van der Waals surface area contributed by atoms with E-state index in [0.29, 0.717) is 10.8 Å². The van der Waals surface area contributed by atoms with E-state index < -0.39 is 0 Å². The highest BCUT2D eigenvalue weighted by atomic mass is 16.3. The number of hydrogen-bond acceptors (Lipinski definition) is 1. The molecule has 4 aliphatic carbocycles. The number of aliphatic hydroxyl groups excluding tert-OH is 1. The van der Waals surface area contributed by atoms with E-state index in [1.54, 1.807) is 5.57 Å². The molecule has 3 saturated carbocycles. The molecule has 4 aliphatic rings. The van der Waals surface area contributed by atoms with Crippen LogP contribution in [0.2, 0.25) is 0 Å². The van der Waals surface area contributed by atoms with Crippen LogP contribution in [-0.4, -0.2) is 11.2 Å². The molecule has 0 aromatic heterocycles. The minimum absolute atomic E-state index is 0.0766. The SMILES string of the molecule is CC(C)CCC[C@H](C)C1CC[C@H]2[C@@H]3CC=C4C[C@@H](O)CC[C@]4(C)[C@H]3CC[C@]12C. The number of hydrogen-bond donors (Lipinski definition) is 1. The fraction of sp³-hybridized carbons (Fsp3) is 0.926. The van der Waals surface area contributed by atoms with Gasteiger partial charge in [0.15, 0.2) is 0 Å². The monoisotopic (exact) mass is 386 g/mol. The molecular formula is C27H46O. The third-order valence-corrected chi connectivity index (χ3v) is 10.3. The van der Waals surface area contributed by atoms with E-state index in [2.05, 4.69) is 40.7 Å². The van der Waals surface area contributed by atoms with Gasteiger partial charge in [-0.3, -0.25) is 0 Å². The van der Waals surface area contributed by atoms with Crippen LogP contribution in [0.5, 0.6) is 0 Å². The Morgan fingerprint density at radius 2 is 1.79 bits per heavy atom. The summed E-state index contributed by atoms with van der Waals surface area (Å²) < 4.78 is 0. The Bertz CT molecular complexity index is 591. The Hall–Kier alpha value is -0.300. The van der Waals surface area contributed by atoms with Crippen molar-refractivity contribution < 1.29 is 5.11 Å². The van der Waals surface area contributed by atoms with Crippen molar-refractivity contribution in [2.45, 2.75) is 111 Å². The third-order valence-electron chi connectivity index (χ3n) is 10.3. The van der Waals surface area contributed by atoms with Crippen molar-refractivity contribution in [2.24, 2.45) is 46.3 Å². The zero-order chi connectivity index (χ0) is 20.1. The van der Waals surface area contributed by atoms with E-state index in [0.717, 1.165) is 48.3 Å². The zero-order valence-corrected chi connectivity index (χ0v) is 19.3. The van der Waals surface area contributed by atoms with Crippen molar-refractivity contribution in [3.63, 3.8) is 0 Å². The molecule has 0 amide bonds. The Balaban J connectivity index is 1.49. The van der Waals surface area contributed by atoms with Crippen molar-refractivity contribution in [3.8, 4) is 0 Å². The maximum Gasteiger partial charge on any atom is 0.0577 e. The standard InChI is InChI=1S/C27H46O/c1-18(2)7-6-8-19(3)23-11-12-24-22-10-9-20-17-21(28)13-15-26(20,4)25(22)14-16-27(23,24)5/h9,18-19,21-25,28H,6-8,10-17H2,1-5H3/t19-,21-,22-,23?,24-,25-,26-,27+/m0/s1. The quantitative estimate of drug-likeness (QED) is 0.488. The highest BCUT2D eigenvalue weighted by Gasteiger charge is 2.59. The highest BCUT2D eigenvalue weighted by molar-refractivity contribution is 5.25. The first-order valence-electron chi connectivity index (χ1n) is 12.6. The van der Waals surface area contributed by atoms with E-state index in [1.165, 1.54) is 57.8 Å². The third kappa shape index (κ3) is 3.42. The summed E-state index contributed by atoms with van der Waals surface area (Å²) in [6.45, 7) is 12.6. The lowest BCUT2D eigenvalue weighted by molar-refractivity contribution is -0.0573. The van der Waals surface area contributed by atoms with Gasteiger partial charge in [-0.2, -0.15) is 0 Å². The van der Waals surface area contributed by atoms with Crippen molar-refractivity contribution in [1.29, 1.82) is 0 Å². The Kier molecular flexibility index (Phi) is 5.80. The molecule has 0 radical (unpaired) electrons. The second kappa shape index (κ2) is 7.75. The average Bonchev–Trinajstić information content (AvgIpc) is 2.99. The summed E-state index contributed by atoms with van der Waals surface area (Å²) in [6.07, 6.45) is 17.2. The van der Waals surface area contributed by atoms with Gasteiger partial charge in [-0.25, -0.2) is 0 Å². The van der Waals surface area contributed by atoms with Gasteiger partial charge in [-0.15, -0.1) is 0 Å². The van der Waals surface area contributed by atoms with Crippen LogP contribution in [0.4, 0.5) is 0 Å². The molecule has 4 rings (SSSR count). The molecule has 1 unspecified atom stereocenters. The van der Waals surface area contributed by atoms with Crippen LogP contribution in [0.3, 0.4) is 0 Å². The number of allylic oxidation sites excluding steroid dienone is 1. The van der Waals surface area contributed by atoms with E-state index in [-0.39, 0.29) is 6.10 Å². The van der Waals surface area contributed by atoms with Crippen LogP contribution < -0.4 is 0 Å². The summed E-state index contributed by atoms with van der Waals surface area (Å²) in [5, 5.41) is 10.2. The first kappa shape index (κ1) is 21.0. The Labute approximate surface area is 174 Å². The molecule has 3 fully saturated rings. The van der Waals surface area contributed by atoms with E-state index in [4.69, 9.17) is 0 Å².